The average Bonchev–Trinajstić information content (AvgIpc) is 2.81. The summed E-state index contributed by atoms with van der Waals surface area (Å²) >= 11 is 0. The van der Waals surface area contributed by atoms with E-state index >= 15 is 0 Å². The molecule has 0 saturated carbocycles. The number of ether oxygens (including phenoxy) is 1. The molecule has 10 heteroatoms. The lowest BCUT2D eigenvalue weighted by Crippen LogP contribution is -2.25. The number of fused-ring (bicyclic) bond motifs is 1. The third-order valence-corrected chi connectivity index (χ3v) is 6.67. The van der Waals surface area contributed by atoms with Crippen molar-refractivity contribution in [2.45, 2.75) is 16.3 Å². The first-order valence-electron chi connectivity index (χ1n) is 9.45. The van der Waals surface area contributed by atoms with Crippen LogP contribution in [0.1, 0.15) is 16.1 Å². The van der Waals surface area contributed by atoms with Crippen LogP contribution in [0.4, 0.5) is 0 Å². The second kappa shape index (κ2) is 8.23. The Kier molecular flexibility index (Phi) is 5.45. The molecule has 1 amide bonds. The van der Waals surface area contributed by atoms with Crippen molar-refractivity contribution in [1.82, 2.24) is 14.8 Å². The van der Waals surface area contributed by atoms with Gasteiger partial charge in [0.2, 0.25) is 15.7 Å². The fourth-order valence-electron chi connectivity index (χ4n) is 3.27. The van der Waals surface area contributed by atoms with Crippen molar-refractivity contribution in [3.8, 4) is 5.88 Å². The minimum Gasteiger partial charge on any atom is -0.481 e. The molecule has 2 aromatic carbocycles. The maximum Gasteiger partial charge on any atom is 0.274 e. The first-order valence-corrected chi connectivity index (χ1v) is 10.9. The Balaban J connectivity index is 1.74. The average molecular weight is 450 g/mol. The van der Waals surface area contributed by atoms with Gasteiger partial charge in [-0.2, -0.15) is 5.10 Å². The van der Waals surface area contributed by atoms with E-state index in [1.54, 1.807) is 30.3 Å². The summed E-state index contributed by atoms with van der Waals surface area (Å²) in [6, 6.07) is 15.4. The number of amides is 1. The molecule has 162 valence electrons. The maximum absolute atomic E-state index is 13.0. The highest BCUT2D eigenvalue weighted by Crippen LogP contribution is 2.23. The van der Waals surface area contributed by atoms with E-state index in [-0.39, 0.29) is 33.3 Å². The van der Waals surface area contributed by atoms with Gasteiger partial charge in [-0.05, 0) is 36.4 Å². The van der Waals surface area contributed by atoms with Gasteiger partial charge in [0.1, 0.15) is 5.69 Å². The van der Waals surface area contributed by atoms with Gasteiger partial charge in [0, 0.05) is 17.0 Å². The molecule has 0 atom stereocenters. The predicted octanol–water partition coefficient (Wildman–Crippen LogP) is 1.78. The Labute approximate surface area is 183 Å². The topological polar surface area (TPSA) is 134 Å². The zero-order chi connectivity index (χ0) is 22.9. The van der Waals surface area contributed by atoms with Crippen LogP contribution in [0, 0.1) is 0 Å². The van der Waals surface area contributed by atoms with E-state index in [4.69, 9.17) is 10.5 Å². The number of primary amides is 1. The quantitative estimate of drug-likeness (QED) is 0.473. The number of aromatic nitrogens is 3. The van der Waals surface area contributed by atoms with Crippen molar-refractivity contribution in [2.24, 2.45) is 5.73 Å². The van der Waals surface area contributed by atoms with E-state index in [9.17, 15) is 18.0 Å². The number of sulfone groups is 1. The molecule has 0 aliphatic rings. The van der Waals surface area contributed by atoms with Crippen molar-refractivity contribution >= 4 is 26.5 Å². The summed E-state index contributed by atoms with van der Waals surface area (Å²) in [5, 5.41) is 4.81. The van der Waals surface area contributed by atoms with E-state index in [2.05, 4.69) is 10.1 Å². The highest BCUT2D eigenvalue weighted by molar-refractivity contribution is 7.91. The molecule has 32 heavy (non-hydrogen) atoms. The summed E-state index contributed by atoms with van der Waals surface area (Å²) in [7, 11) is -2.32. The molecule has 4 rings (SSSR count). The zero-order valence-corrected chi connectivity index (χ0v) is 17.7. The molecule has 0 fully saturated rings. The highest BCUT2D eigenvalue weighted by Gasteiger charge is 2.19. The number of carbonyl (C=O) groups excluding carboxylic acids is 1. The molecule has 2 heterocycles. The number of hydrogen-bond donors (Lipinski definition) is 1. The third-order valence-electron chi connectivity index (χ3n) is 4.90. The van der Waals surface area contributed by atoms with Gasteiger partial charge in [0.05, 0.1) is 35.0 Å². The Bertz CT molecular complexity index is 1500. The molecular formula is C22H18N4O5S. The minimum atomic E-state index is -3.73. The largest absolute Gasteiger partial charge is 0.481 e. The number of pyridine rings is 1. The monoisotopic (exact) mass is 450 g/mol. The molecule has 2 N–H and O–H groups in total. The lowest BCUT2D eigenvalue weighted by molar-refractivity contribution is 0.0993. The van der Waals surface area contributed by atoms with Crippen molar-refractivity contribution in [3.05, 3.63) is 88.5 Å². The molecule has 0 bridgehead atoms. The fourth-order valence-corrected chi connectivity index (χ4v) is 4.58. The Morgan fingerprint density at radius 3 is 2.50 bits per heavy atom. The van der Waals surface area contributed by atoms with Crippen molar-refractivity contribution in [2.75, 3.05) is 7.11 Å². The van der Waals surface area contributed by atoms with Crippen LogP contribution in [0.5, 0.6) is 5.88 Å². The van der Waals surface area contributed by atoms with Gasteiger partial charge in [-0.3, -0.25) is 9.59 Å². The molecule has 9 nitrogen and oxygen atoms in total. The second-order valence-corrected chi connectivity index (χ2v) is 8.85. The number of benzene rings is 2. The number of methoxy groups -OCH3 is 1. The van der Waals surface area contributed by atoms with Crippen LogP contribution >= 0.6 is 0 Å². The molecule has 0 unspecified atom stereocenters. The summed E-state index contributed by atoms with van der Waals surface area (Å²) in [6.07, 6.45) is 1.40. The maximum atomic E-state index is 13.0. The van der Waals surface area contributed by atoms with Gasteiger partial charge >= 0.3 is 0 Å². The summed E-state index contributed by atoms with van der Waals surface area (Å²) in [4.78, 5) is 29.0. The van der Waals surface area contributed by atoms with E-state index in [0.29, 0.717) is 10.9 Å². The Morgan fingerprint density at radius 2 is 1.81 bits per heavy atom. The number of carbonyl (C=O) groups is 1. The van der Waals surface area contributed by atoms with Gasteiger partial charge in [-0.25, -0.2) is 18.1 Å². The van der Waals surface area contributed by atoms with Gasteiger partial charge in [-0.15, -0.1) is 0 Å². The number of nitrogens with zero attached hydrogens (tertiary/aromatic N) is 3. The third kappa shape index (κ3) is 3.83. The molecule has 4 aromatic rings. The number of nitrogens with two attached hydrogens (primary N) is 1. The van der Waals surface area contributed by atoms with Crippen LogP contribution in [0.3, 0.4) is 0 Å². The molecule has 2 aromatic heterocycles. The predicted molar refractivity (Wildman–Crippen MR) is 116 cm³/mol. The van der Waals surface area contributed by atoms with E-state index in [0.717, 1.165) is 4.68 Å². The van der Waals surface area contributed by atoms with E-state index < -0.39 is 21.3 Å². The molecule has 0 saturated heterocycles. The first-order chi connectivity index (χ1) is 15.3. The van der Waals surface area contributed by atoms with E-state index in [1.165, 1.54) is 43.6 Å². The van der Waals surface area contributed by atoms with Gasteiger partial charge in [0.15, 0.2) is 0 Å². The van der Waals surface area contributed by atoms with Crippen molar-refractivity contribution in [3.63, 3.8) is 0 Å². The molecule has 0 spiro atoms. The van der Waals surface area contributed by atoms with Gasteiger partial charge < -0.3 is 10.5 Å². The smallest absolute Gasteiger partial charge is 0.274 e. The van der Waals surface area contributed by atoms with Gasteiger partial charge in [0.25, 0.3) is 11.5 Å². The van der Waals surface area contributed by atoms with Crippen molar-refractivity contribution < 1.29 is 17.9 Å². The summed E-state index contributed by atoms with van der Waals surface area (Å²) in [5.74, 6) is -0.544. The number of rotatable bonds is 6. The standard InChI is InChI=1S/C22H18N4O5S/c1-31-19-10-7-14(20(25-19)21(23)27)13-26-22(28)18-9-8-17(11-15(18)12-24-26)32(29,30)16-5-3-2-4-6-16/h2-12H,13H2,1H3,(H2,23,27). The lowest BCUT2D eigenvalue weighted by atomic mass is 10.1. The second-order valence-electron chi connectivity index (χ2n) is 6.90. The van der Waals surface area contributed by atoms with Crippen LogP contribution in [0.2, 0.25) is 0 Å². The van der Waals surface area contributed by atoms with Crippen LogP contribution in [0.15, 0.2) is 81.4 Å². The van der Waals surface area contributed by atoms with Crippen LogP contribution in [0.25, 0.3) is 10.8 Å². The fraction of sp³-hybridized carbons (Fsp3) is 0.0909. The Morgan fingerprint density at radius 1 is 1.06 bits per heavy atom. The first kappa shape index (κ1) is 21.2. The number of hydrogen-bond acceptors (Lipinski definition) is 7. The van der Waals surface area contributed by atoms with Gasteiger partial charge in [-0.1, -0.05) is 18.2 Å². The zero-order valence-electron chi connectivity index (χ0n) is 16.9. The normalized spacial score (nSPS) is 11.4. The molecule has 0 radical (unpaired) electrons. The van der Waals surface area contributed by atoms with Crippen LogP contribution in [-0.4, -0.2) is 36.2 Å². The summed E-state index contributed by atoms with van der Waals surface area (Å²) in [6.45, 7) is -0.0475. The molecular weight excluding hydrogens is 432 g/mol. The van der Waals surface area contributed by atoms with E-state index in [1.807, 2.05) is 0 Å². The lowest BCUT2D eigenvalue weighted by Gasteiger charge is -2.10. The SMILES string of the molecule is COc1ccc(Cn2ncc3cc(S(=O)(=O)c4ccccc4)ccc3c2=O)c(C(N)=O)n1. The summed E-state index contributed by atoms with van der Waals surface area (Å²) in [5.41, 5.74) is 5.33. The highest BCUT2D eigenvalue weighted by atomic mass is 32.2. The Hall–Kier alpha value is -4.05. The van der Waals surface area contributed by atoms with Crippen LogP contribution in [-0.2, 0) is 16.4 Å². The van der Waals surface area contributed by atoms with Crippen molar-refractivity contribution in [1.29, 1.82) is 0 Å². The molecule has 0 aliphatic heterocycles. The summed E-state index contributed by atoms with van der Waals surface area (Å²) < 4.78 is 31.9. The minimum absolute atomic E-state index is 0.0255. The molecule has 0 aliphatic carbocycles. The van der Waals surface area contributed by atoms with Crippen LogP contribution < -0.4 is 16.0 Å².